The van der Waals surface area contributed by atoms with Gasteiger partial charge in [-0.1, -0.05) is 11.6 Å². The number of piperazine rings is 1. The van der Waals surface area contributed by atoms with E-state index in [4.69, 9.17) is 16.3 Å². The highest BCUT2D eigenvalue weighted by atomic mass is 35.5. The normalized spacial score (nSPS) is 26.4. The van der Waals surface area contributed by atoms with Gasteiger partial charge in [0.1, 0.15) is 23.5 Å². The van der Waals surface area contributed by atoms with Crippen LogP contribution in [0.2, 0.25) is 5.02 Å². The number of halogens is 2. The summed E-state index contributed by atoms with van der Waals surface area (Å²) in [5.74, 6) is 1.49. The minimum Gasteiger partial charge on any atom is -0.489 e. The fourth-order valence-electron chi connectivity index (χ4n) is 4.01. The van der Waals surface area contributed by atoms with Gasteiger partial charge < -0.3 is 9.64 Å². The molecule has 138 valence electrons. The lowest BCUT2D eigenvalue weighted by Gasteiger charge is -2.53. The van der Waals surface area contributed by atoms with Crippen LogP contribution in [0.1, 0.15) is 19.8 Å². The Morgan fingerprint density at radius 3 is 2.73 bits per heavy atom. The summed E-state index contributed by atoms with van der Waals surface area (Å²) in [5, 5.41) is 0.664. The van der Waals surface area contributed by atoms with Gasteiger partial charge in [-0.05, 0) is 56.2 Å². The van der Waals surface area contributed by atoms with Gasteiger partial charge in [0.15, 0.2) is 0 Å². The molecule has 0 aliphatic carbocycles. The first-order valence-electron chi connectivity index (χ1n) is 9.06. The molecule has 2 atom stereocenters. The molecule has 2 saturated heterocycles. The zero-order valence-corrected chi connectivity index (χ0v) is 15.6. The second-order valence-corrected chi connectivity index (χ2v) is 7.87. The van der Waals surface area contributed by atoms with Crippen LogP contribution in [-0.4, -0.2) is 47.7 Å². The van der Waals surface area contributed by atoms with Crippen molar-refractivity contribution < 1.29 is 9.13 Å². The van der Waals surface area contributed by atoms with Crippen LogP contribution >= 0.6 is 11.6 Å². The summed E-state index contributed by atoms with van der Waals surface area (Å²) in [4.78, 5) is 9.33. The van der Waals surface area contributed by atoms with E-state index in [0.717, 1.165) is 50.6 Å². The van der Waals surface area contributed by atoms with Crippen LogP contribution in [0.25, 0.3) is 0 Å². The molecule has 2 aliphatic heterocycles. The van der Waals surface area contributed by atoms with Gasteiger partial charge in [-0.2, -0.15) is 0 Å². The first-order valence-corrected chi connectivity index (χ1v) is 9.43. The third-order valence-electron chi connectivity index (χ3n) is 5.52. The first-order chi connectivity index (χ1) is 12.5. The van der Waals surface area contributed by atoms with Crippen LogP contribution < -0.4 is 9.64 Å². The summed E-state index contributed by atoms with van der Waals surface area (Å²) in [7, 11) is 0. The van der Waals surface area contributed by atoms with Crippen LogP contribution in [0.3, 0.4) is 0 Å². The maximum absolute atomic E-state index is 13.1. The molecule has 0 spiro atoms. The van der Waals surface area contributed by atoms with Gasteiger partial charge in [0.25, 0.3) is 0 Å². The zero-order chi connectivity index (χ0) is 18.1. The van der Waals surface area contributed by atoms with Crippen LogP contribution in [-0.2, 0) is 0 Å². The van der Waals surface area contributed by atoms with E-state index < -0.39 is 0 Å². The van der Waals surface area contributed by atoms with Crippen molar-refractivity contribution in [3.63, 3.8) is 0 Å². The number of anilines is 1. The van der Waals surface area contributed by atoms with E-state index >= 15 is 0 Å². The molecule has 0 bridgehead atoms. The Kier molecular flexibility index (Phi) is 4.76. The molecule has 1 aromatic heterocycles. The number of ether oxygens (including phenoxy) is 1. The van der Waals surface area contributed by atoms with Crippen molar-refractivity contribution in [2.75, 3.05) is 31.1 Å². The Morgan fingerprint density at radius 1 is 1.19 bits per heavy atom. The number of rotatable bonds is 3. The molecular formula is C20H23ClFN3O. The molecule has 0 radical (unpaired) electrons. The van der Waals surface area contributed by atoms with E-state index in [1.807, 2.05) is 12.1 Å². The Balaban J connectivity index is 1.40. The summed E-state index contributed by atoms with van der Waals surface area (Å²) in [6, 6.07) is 10.2. The molecule has 0 N–H and O–H groups in total. The number of nitrogens with zero attached hydrogens (tertiary/aromatic N) is 3. The topological polar surface area (TPSA) is 28.6 Å². The van der Waals surface area contributed by atoms with Gasteiger partial charge in [0, 0.05) is 37.9 Å². The Morgan fingerprint density at radius 2 is 2.00 bits per heavy atom. The SMILES string of the molecule is C[C@@]12CC[C@@H](Oc3ccc(F)cc3)CN1CCN(c1ccc(Cl)cn1)C2. The molecule has 26 heavy (non-hydrogen) atoms. The molecule has 0 saturated carbocycles. The van der Waals surface area contributed by atoms with E-state index in [1.165, 1.54) is 12.1 Å². The third kappa shape index (κ3) is 3.64. The maximum Gasteiger partial charge on any atom is 0.128 e. The second-order valence-electron chi connectivity index (χ2n) is 7.43. The molecule has 0 unspecified atom stereocenters. The molecule has 6 heteroatoms. The van der Waals surface area contributed by atoms with Crippen molar-refractivity contribution in [2.24, 2.45) is 0 Å². The summed E-state index contributed by atoms with van der Waals surface area (Å²) in [5.41, 5.74) is 0.113. The molecule has 0 amide bonds. The summed E-state index contributed by atoms with van der Waals surface area (Å²) in [6.45, 7) is 6.08. The highest BCUT2D eigenvalue weighted by Crippen LogP contribution is 2.34. The fraction of sp³-hybridized carbons (Fsp3) is 0.450. The predicted molar refractivity (Wildman–Crippen MR) is 101 cm³/mol. The molecule has 2 aromatic rings. The minimum absolute atomic E-state index is 0.113. The van der Waals surface area contributed by atoms with Crippen molar-refractivity contribution in [2.45, 2.75) is 31.4 Å². The van der Waals surface area contributed by atoms with Crippen molar-refractivity contribution >= 4 is 17.4 Å². The lowest BCUT2D eigenvalue weighted by atomic mass is 9.85. The summed E-state index contributed by atoms with van der Waals surface area (Å²) >= 11 is 5.96. The smallest absolute Gasteiger partial charge is 0.128 e. The average molecular weight is 376 g/mol. The molecule has 3 heterocycles. The monoisotopic (exact) mass is 375 g/mol. The number of pyridine rings is 1. The standard InChI is InChI=1S/C20H23ClFN3O/c1-20-9-8-18(26-17-5-3-16(22)4-6-17)13-25(20)11-10-24(14-20)19-7-2-15(21)12-23-19/h2-7,12,18H,8-11,13-14H2,1H3/t18-,20+/m1/s1. The number of hydrogen-bond donors (Lipinski definition) is 0. The predicted octanol–water partition coefficient (Wildman–Crippen LogP) is 4.00. The second kappa shape index (κ2) is 7.05. The van der Waals surface area contributed by atoms with E-state index in [9.17, 15) is 4.39 Å². The van der Waals surface area contributed by atoms with Gasteiger partial charge in [0.05, 0.1) is 5.02 Å². The summed E-state index contributed by atoms with van der Waals surface area (Å²) in [6.07, 6.45) is 3.91. The number of aromatic nitrogens is 1. The van der Waals surface area contributed by atoms with Crippen molar-refractivity contribution in [3.8, 4) is 5.75 Å². The Bertz CT molecular complexity index is 755. The number of fused-ring (bicyclic) bond motifs is 1. The highest BCUT2D eigenvalue weighted by molar-refractivity contribution is 6.30. The van der Waals surface area contributed by atoms with Crippen LogP contribution in [0.4, 0.5) is 10.2 Å². The lowest BCUT2D eigenvalue weighted by Crippen LogP contribution is -2.65. The molecular weight excluding hydrogens is 353 g/mol. The first kappa shape index (κ1) is 17.6. The van der Waals surface area contributed by atoms with Gasteiger partial charge in [-0.15, -0.1) is 0 Å². The Labute approximate surface area is 158 Å². The molecule has 4 rings (SSSR count). The maximum atomic E-state index is 13.1. The van der Waals surface area contributed by atoms with E-state index in [0.29, 0.717) is 5.02 Å². The Hall–Kier alpha value is -1.85. The third-order valence-corrected chi connectivity index (χ3v) is 5.74. The number of benzene rings is 1. The van der Waals surface area contributed by atoms with Gasteiger partial charge in [-0.3, -0.25) is 4.90 Å². The van der Waals surface area contributed by atoms with E-state index in [-0.39, 0.29) is 17.5 Å². The summed E-state index contributed by atoms with van der Waals surface area (Å²) < 4.78 is 19.1. The fourth-order valence-corrected chi connectivity index (χ4v) is 4.12. The van der Waals surface area contributed by atoms with Gasteiger partial charge in [0.2, 0.25) is 0 Å². The number of hydrogen-bond acceptors (Lipinski definition) is 4. The highest BCUT2D eigenvalue weighted by Gasteiger charge is 2.42. The average Bonchev–Trinajstić information content (AvgIpc) is 2.64. The van der Waals surface area contributed by atoms with Crippen molar-refractivity contribution in [3.05, 3.63) is 53.4 Å². The van der Waals surface area contributed by atoms with E-state index in [1.54, 1.807) is 18.3 Å². The van der Waals surface area contributed by atoms with E-state index in [2.05, 4.69) is 21.7 Å². The largest absolute Gasteiger partial charge is 0.489 e. The minimum atomic E-state index is -0.236. The molecule has 2 fully saturated rings. The molecule has 2 aliphatic rings. The van der Waals surface area contributed by atoms with Crippen LogP contribution in [0, 0.1) is 5.82 Å². The lowest BCUT2D eigenvalue weighted by molar-refractivity contribution is -0.00956. The zero-order valence-electron chi connectivity index (χ0n) is 14.9. The molecule has 1 aromatic carbocycles. The molecule has 4 nitrogen and oxygen atoms in total. The van der Waals surface area contributed by atoms with Crippen molar-refractivity contribution in [1.82, 2.24) is 9.88 Å². The van der Waals surface area contributed by atoms with Gasteiger partial charge >= 0.3 is 0 Å². The number of piperidine rings is 1. The van der Waals surface area contributed by atoms with Gasteiger partial charge in [-0.25, -0.2) is 9.37 Å². The van der Waals surface area contributed by atoms with Crippen LogP contribution in [0.5, 0.6) is 5.75 Å². The van der Waals surface area contributed by atoms with Crippen molar-refractivity contribution in [1.29, 1.82) is 0 Å². The quantitative estimate of drug-likeness (QED) is 0.810. The van der Waals surface area contributed by atoms with Crippen LogP contribution in [0.15, 0.2) is 42.6 Å².